The number of nitrogens with zero attached hydrogens (tertiary/aromatic N) is 1. The molecule has 1 fully saturated rings. The van der Waals surface area contributed by atoms with Gasteiger partial charge in [0.1, 0.15) is 0 Å². The molecule has 1 aliphatic rings. The fourth-order valence-electron chi connectivity index (χ4n) is 1.94. The number of carbonyl (C=O) groups excluding carboxylic acids is 1. The number of aliphatic hydroxyl groups is 1. The Kier molecular flexibility index (Phi) is 4.19. The van der Waals surface area contributed by atoms with Crippen LogP contribution in [-0.2, 0) is 0 Å². The Morgan fingerprint density at radius 3 is 2.78 bits per heavy atom. The summed E-state index contributed by atoms with van der Waals surface area (Å²) in [6, 6.07) is 6.32. The fourth-order valence-corrected chi connectivity index (χ4v) is 2.57. The van der Waals surface area contributed by atoms with Crippen LogP contribution in [-0.4, -0.2) is 40.9 Å². The average Bonchev–Trinajstić information content (AvgIpc) is 2.75. The zero-order chi connectivity index (χ0) is 13.1. The molecule has 3 nitrogen and oxygen atoms in total. The predicted octanol–water partition coefficient (Wildman–Crippen LogP) is 2.21. The van der Waals surface area contributed by atoms with Crippen molar-refractivity contribution < 1.29 is 18.7 Å². The summed E-state index contributed by atoms with van der Waals surface area (Å²) in [4.78, 5) is 13.9. The Balaban J connectivity index is 2.19. The molecule has 0 aromatic heterocycles. The van der Waals surface area contributed by atoms with Gasteiger partial charge in [0, 0.05) is 18.0 Å². The minimum atomic E-state index is -2.55. The number of hydrogen-bond donors (Lipinski definition) is 1. The summed E-state index contributed by atoms with van der Waals surface area (Å²) >= 11 is 0.370. The summed E-state index contributed by atoms with van der Waals surface area (Å²) in [5.74, 6) is -2.85. The Hall–Kier alpha value is -1.14. The van der Waals surface area contributed by atoms with Crippen molar-refractivity contribution in [2.45, 2.75) is 23.2 Å². The number of carbonyl (C=O) groups is 1. The molecular weight excluding hydrogens is 260 g/mol. The van der Waals surface area contributed by atoms with Crippen LogP contribution in [0.3, 0.4) is 0 Å². The maximum absolute atomic E-state index is 12.4. The van der Waals surface area contributed by atoms with Gasteiger partial charge in [-0.3, -0.25) is 4.79 Å². The van der Waals surface area contributed by atoms with E-state index >= 15 is 0 Å². The van der Waals surface area contributed by atoms with Gasteiger partial charge in [0.25, 0.3) is 11.7 Å². The van der Waals surface area contributed by atoms with Crippen LogP contribution >= 0.6 is 11.8 Å². The monoisotopic (exact) mass is 273 g/mol. The number of amides is 1. The van der Waals surface area contributed by atoms with Crippen molar-refractivity contribution in [3.05, 3.63) is 29.8 Å². The van der Waals surface area contributed by atoms with Crippen LogP contribution in [0.4, 0.5) is 8.78 Å². The summed E-state index contributed by atoms with van der Waals surface area (Å²) in [6.45, 7) is 0.736. The number of hydrogen-bond acceptors (Lipinski definition) is 3. The minimum absolute atomic E-state index is 0.270. The lowest BCUT2D eigenvalue weighted by molar-refractivity contribution is 0.0761. The predicted molar refractivity (Wildman–Crippen MR) is 64.8 cm³/mol. The van der Waals surface area contributed by atoms with Crippen LogP contribution < -0.4 is 0 Å². The highest BCUT2D eigenvalue weighted by atomic mass is 32.2. The zero-order valence-electron chi connectivity index (χ0n) is 9.55. The van der Waals surface area contributed by atoms with E-state index in [0.29, 0.717) is 24.7 Å². The van der Waals surface area contributed by atoms with E-state index in [1.807, 2.05) is 0 Å². The Morgan fingerprint density at radius 2 is 2.17 bits per heavy atom. The van der Waals surface area contributed by atoms with Crippen molar-refractivity contribution >= 4 is 17.7 Å². The molecule has 2 rings (SSSR count). The first-order valence-electron chi connectivity index (χ1n) is 5.59. The molecule has 98 valence electrons. The molecule has 0 aliphatic carbocycles. The largest absolute Gasteiger partial charge is 0.391 e. The topological polar surface area (TPSA) is 40.5 Å². The molecule has 6 heteroatoms. The highest BCUT2D eigenvalue weighted by molar-refractivity contribution is 7.99. The zero-order valence-corrected chi connectivity index (χ0v) is 10.4. The Morgan fingerprint density at radius 1 is 1.44 bits per heavy atom. The molecule has 0 saturated carbocycles. The van der Waals surface area contributed by atoms with Gasteiger partial charge < -0.3 is 10.0 Å². The number of halogens is 2. The quantitative estimate of drug-likeness (QED) is 0.858. The second kappa shape index (κ2) is 5.67. The third-order valence-corrected chi connectivity index (χ3v) is 3.57. The second-order valence-electron chi connectivity index (χ2n) is 4.07. The van der Waals surface area contributed by atoms with Crippen molar-refractivity contribution in [2.75, 3.05) is 13.1 Å². The summed E-state index contributed by atoms with van der Waals surface area (Å²) in [5, 5.41) is 9.39. The average molecular weight is 273 g/mol. The number of rotatable bonds is 3. The van der Waals surface area contributed by atoms with Gasteiger partial charge in [-0.05, 0) is 18.6 Å². The van der Waals surface area contributed by atoms with Gasteiger partial charge in [0.05, 0.1) is 11.7 Å². The number of thioether (sulfide) groups is 1. The number of benzene rings is 1. The molecule has 1 aromatic carbocycles. The smallest absolute Gasteiger partial charge is 0.288 e. The van der Waals surface area contributed by atoms with Gasteiger partial charge in [-0.25, -0.2) is 0 Å². The van der Waals surface area contributed by atoms with Crippen molar-refractivity contribution in [3.8, 4) is 0 Å². The van der Waals surface area contributed by atoms with Gasteiger partial charge in [-0.15, -0.1) is 0 Å². The Bertz CT molecular complexity index is 442. The highest BCUT2D eigenvalue weighted by Crippen LogP contribution is 2.29. The first-order chi connectivity index (χ1) is 8.58. The molecule has 1 aliphatic heterocycles. The van der Waals surface area contributed by atoms with Crippen molar-refractivity contribution in [3.63, 3.8) is 0 Å². The molecule has 1 atom stereocenters. The van der Waals surface area contributed by atoms with Crippen LogP contribution in [0.15, 0.2) is 29.2 Å². The van der Waals surface area contributed by atoms with E-state index in [4.69, 9.17) is 0 Å². The SMILES string of the molecule is O=C(c1ccccc1SC(F)F)N1CC[C@H](O)C1. The first-order valence-corrected chi connectivity index (χ1v) is 6.47. The molecule has 0 unspecified atom stereocenters. The third-order valence-electron chi connectivity index (χ3n) is 2.78. The second-order valence-corrected chi connectivity index (χ2v) is 5.10. The summed E-state index contributed by atoms with van der Waals surface area (Å²) in [7, 11) is 0. The van der Waals surface area contributed by atoms with Crippen LogP contribution in [0.25, 0.3) is 0 Å². The molecule has 18 heavy (non-hydrogen) atoms. The maximum Gasteiger partial charge on any atom is 0.288 e. The van der Waals surface area contributed by atoms with E-state index in [1.54, 1.807) is 12.1 Å². The van der Waals surface area contributed by atoms with E-state index < -0.39 is 11.9 Å². The third kappa shape index (κ3) is 3.00. The van der Waals surface area contributed by atoms with Crippen LogP contribution in [0, 0.1) is 0 Å². The molecule has 0 spiro atoms. The van der Waals surface area contributed by atoms with Gasteiger partial charge >= 0.3 is 0 Å². The molecule has 1 N–H and O–H groups in total. The fraction of sp³-hybridized carbons (Fsp3) is 0.417. The van der Waals surface area contributed by atoms with Gasteiger partial charge in [-0.1, -0.05) is 23.9 Å². The molecule has 1 aromatic rings. The lowest BCUT2D eigenvalue weighted by atomic mass is 10.2. The van der Waals surface area contributed by atoms with Gasteiger partial charge in [0.2, 0.25) is 0 Å². The molecular formula is C12H13F2NO2S. The van der Waals surface area contributed by atoms with E-state index in [9.17, 15) is 18.7 Å². The lowest BCUT2D eigenvalue weighted by Crippen LogP contribution is -2.29. The summed E-state index contributed by atoms with van der Waals surface area (Å²) in [6.07, 6.45) is 0.0273. The van der Waals surface area contributed by atoms with E-state index in [2.05, 4.69) is 0 Å². The number of aliphatic hydroxyl groups excluding tert-OH is 1. The Labute approximate surface area is 108 Å². The van der Waals surface area contributed by atoms with Gasteiger partial charge in [0.15, 0.2) is 0 Å². The number of β-amino-alcohol motifs (C(OH)–C–C–N with tert-alkyl or cyclic N) is 1. The molecule has 1 amide bonds. The lowest BCUT2D eigenvalue weighted by Gasteiger charge is -2.17. The maximum atomic E-state index is 12.4. The molecule has 1 heterocycles. The number of likely N-dealkylation sites (tertiary alicyclic amines) is 1. The van der Waals surface area contributed by atoms with Crippen molar-refractivity contribution in [1.82, 2.24) is 4.90 Å². The normalized spacial score (nSPS) is 19.6. The summed E-state index contributed by atoms with van der Waals surface area (Å²) < 4.78 is 24.8. The first kappa shape index (κ1) is 13.3. The number of alkyl halides is 2. The molecule has 0 bridgehead atoms. The van der Waals surface area contributed by atoms with Crippen LogP contribution in [0.2, 0.25) is 0 Å². The minimum Gasteiger partial charge on any atom is -0.391 e. The van der Waals surface area contributed by atoms with E-state index in [-0.39, 0.29) is 22.9 Å². The highest BCUT2D eigenvalue weighted by Gasteiger charge is 2.27. The van der Waals surface area contributed by atoms with Crippen LogP contribution in [0.5, 0.6) is 0 Å². The van der Waals surface area contributed by atoms with E-state index in [0.717, 1.165) is 0 Å². The molecule has 0 radical (unpaired) electrons. The van der Waals surface area contributed by atoms with Crippen molar-refractivity contribution in [2.24, 2.45) is 0 Å². The van der Waals surface area contributed by atoms with Crippen molar-refractivity contribution in [1.29, 1.82) is 0 Å². The molecule has 1 saturated heterocycles. The van der Waals surface area contributed by atoms with E-state index in [1.165, 1.54) is 17.0 Å². The van der Waals surface area contributed by atoms with Gasteiger partial charge in [-0.2, -0.15) is 8.78 Å². The van der Waals surface area contributed by atoms with Crippen LogP contribution in [0.1, 0.15) is 16.8 Å². The standard InChI is InChI=1S/C12H13F2NO2S/c13-12(14)18-10-4-2-1-3-9(10)11(17)15-6-5-8(16)7-15/h1-4,8,12,16H,5-7H2/t8-/m0/s1. The summed E-state index contributed by atoms with van der Waals surface area (Å²) in [5.41, 5.74) is 0.275.